The van der Waals surface area contributed by atoms with Crippen molar-refractivity contribution < 1.29 is 9.53 Å². The fraction of sp³-hybridized carbons (Fsp3) is 0.238. The smallest absolute Gasteiger partial charge is 0.225 e. The van der Waals surface area contributed by atoms with E-state index >= 15 is 0 Å². The van der Waals surface area contributed by atoms with Crippen molar-refractivity contribution in [2.45, 2.75) is 26.3 Å². The number of thiazole rings is 1. The molecule has 1 aromatic heterocycles. The molecule has 134 valence electrons. The fourth-order valence-electron chi connectivity index (χ4n) is 2.74. The van der Waals surface area contributed by atoms with Gasteiger partial charge in [-0.25, -0.2) is 4.98 Å². The van der Waals surface area contributed by atoms with E-state index in [1.165, 1.54) is 0 Å². The van der Waals surface area contributed by atoms with Crippen LogP contribution in [0.15, 0.2) is 54.6 Å². The number of carbonyl (C=O) groups excluding carboxylic acids is 1. The number of hydrogen-bond acceptors (Lipinski definition) is 4. The molecule has 5 heteroatoms. The molecule has 0 bridgehead atoms. The molecule has 1 heterocycles. The normalized spacial score (nSPS) is 11.8. The minimum atomic E-state index is -0.0187. The van der Waals surface area contributed by atoms with Gasteiger partial charge >= 0.3 is 0 Å². The van der Waals surface area contributed by atoms with Crippen molar-refractivity contribution in [3.8, 4) is 16.3 Å². The van der Waals surface area contributed by atoms with E-state index in [1.807, 2.05) is 68.4 Å². The van der Waals surface area contributed by atoms with Crippen LogP contribution >= 0.6 is 11.3 Å². The van der Waals surface area contributed by atoms with Gasteiger partial charge in [0.05, 0.1) is 25.3 Å². The topological polar surface area (TPSA) is 51.2 Å². The van der Waals surface area contributed by atoms with Crippen LogP contribution in [0.1, 0.15) is 29.1 Å². The average Bonchev–Trinajstić information content (AvgIpc) is 3.03. The first-order valence-electron chi connectivity index (χ1n) is 8.52. The molecule has 0 saturated carbocycles. The molecule has 3 rings (SSSR count). The zero-order valence-corrected chi connectivity index (χ0v) is 16.0. The molecule has 0 spiro atoms. The SMILES string of the molecule is COc1cccc(-c2nc(C)c(CC(=O)NC(C)c3ccccc3)s2)c1. The number of aryl methyl sites for hydroxylation is 1. The van der Waals surface area contributed by atoms with Crippen LogP contribution in [-0.2, 0) is 11.2 Å². The molecule has 0 fully saturated rings. The number of nitrogens with zero attached hydrogens (tertiary/aromatic N) is 1. The molecule has 4 nitrogen and oxygen atoms in total. The summed E-state index contributed by atoms with van der Waals surface area (Å²) in [5.74, 6) is 0.802. The highest BCUT2D eigenvalue weighted by molar-refractivity contribution is 7.15. The van der Waals surface area contributed by atoms with Crippen molar-refractivity contribution in [1.29, 1.82) is 0 Å². The minimum absolute atomic E-state index is 0.00490. The first-order chi connectivity index (χ1) is 12.6. The van der Waals surface area contributed by atoms with Crippen LogP contribution in [-0.4, -0.2) is 18.0 Å². The maximum Gasteiger partial charge on any atom is 0.225 e. The second kappa shape index (κ2) is 8.15. The Bertz CT molecular complexity index is 890. The summed E-state index contributed by atoms with van der Waals surface area (Å²) < 4.78 is 5.28. The van der Waals surface area contributed by atoms with Crippen molar-refractivity contribution in [2.24, 2.45) is 0 Å². The molecule has 0 aliphatic carbocycles. The van der Waals surface area contributed by atoms with E-state index in [-0.39, 0.29) is 11.9 Å². The second-order valence-electron chi connectivity index (χ2n) is 6.14. The van der Waals surface area contributed by atoms with Crippen LogP contribution in [0.4, 0.5) is 0 Å². The lowest BCUT2D eigenvalue weighted by atomic mass is 10.1. The highest BCUT2D eigenvalue weighted by atomic mass is 32.1. The number of aromatic nitrogens is 1. The van der Waals surface area contributed by atoms with Gasteiger partial charge in [0.15, 0.2) is 0 Å². The lowest BCUT2D eigenvalue weighted by molar-refractivity contribution is -0.121. The van der Waals surface area contributed by atoms with Crippen LogP contribution in [0, 0.1) is 6.92 Å². The Morgan fingerprint density at radius 2 is 1.96 bits per heavy atom. The predicted octanol–water partition coefficient (Wildman–Crippen LogP) is 4.55. The molecule has 2 aromatic carbocycles. The van der Waals surface area contributed by atoms with Crippen LogP contribution < -0.4 is 10.1 Å². The Balaban J connectivity index is 1.70. The van der Waals surface area contributed by atoms with E-state index in [4.69, 9.17) is 4.74 Å². The molecule has 1 atom stereocenters. The minimum Gasteiger partial charge on any atom is -0.497 e. The molecule has 0 radical (unpaired) electrons. The molecular weight excluding hydrogens is 344 g/mol. The van der Waals surface area contributed by atoms with Crippen molar-refractivity contribution in [2.75, 3.05) is 7.11 Å². The third kappa shape index (κ3) is 4.29. The summed E-state index contributed by atoms with van der Waals surface area (Å²) in [5.41, 5.74) is 3.00. The number of methoxy groups -OCH3 is 1. The number of hydrogen-bond donors (Lipinski definition) is 1. The Morgan fingerprint density at radius 1 is 1.19 bits per heavy atom. The maximum atomic E-state index is 12.4. The second-order valence-corrected chi connectivity index (χ2v) is 7.22. The molecule has 0 aliphatic heterocycles. The van der Waals surface area contributed by atoms with Gasteiger partial charge in [-0.15, -0.1) is 11.3 Å². The number of rotatable bonds is 6. The van der Waals surface area contributed by atoms with E-state index < -0.39 is 0 Å². The van der Waals surface area contributed by atoms with Gasteiger partial charge in [-0.05, 0) is 31.5 Å². The largest absolute Gasteiger partial charge is 0.497 e. The monoisotopic (exact) mass is 366 g/mol. The average molecular weight is 366 g/mol. The lowest BCUT2D eigenvalue weighted by Gasteiger charge is -2.13. The summed E-state index contributed by atoms with van der Waals surface area (Å²) in [6.45, 7) is 3.94. The third-order valence-corrected chi connectivity index (χ3v) is 5.41. The summed E-state index contributed by atoms with van der Waals surface area (Å²) in [6, 6.07) is 17.8. The van der Waals surface area contributed by atoms with Gasteiger partial charge in [0, 0.05) is 10.4 Å². The summed E-state index contributed by atoms with van der Waals surface area (Å²) in [6.07, 6.45) is 0.338. The van der Waals surface area contributed by atoms with Crippen LogP contribution in [0.5, 0.6) is 5.75 Å². The van der Waals surface area contributed by atoms with Crippen LogP contribution in [0.25, 0.3) is 10.6 Å². The third-order valence-electron chi connectivity index (χ3n) is 4.21. The number of amides is 1. The molecule has 0 aliphatic rings. The lowest BCUT2D eigenvalue weighted by Crippen LogP contribution is -2.28. The molecule has 26 heavy (non-hydrogen) atoms. The fourth-order valence-corrected chi connectivity index (χ4v) is 3.79. The Labute approximate surface area is 157 Å². The zero-order valence-electron chi connectivity index (χ0n) is 15.2. The van der Waals surface area contributed by atoms with Crippen LogP contribution in [0.2, 0.25) is 0 Å². The Morgan fingerprint density at radius 3 is 2.69 bits per heavy atom. The van der Waals surface area contributed by atoms with Crippen molar-refractivity contribution in [3.63, 3.8) is 0 Å². The highest BCUT2D eigenvalue weighted by Gasteiger charge is 2.15. The predicted molar refractivity (Wildman–Crippen MR) is 106 cm³/mol. The van der Waals surface area contributed by atoms with E-state index in [0.29, 0.717) is 6.42 Å². The van der Waals surface area contributed by atoms with E-state index in [1.54, 1.807) is 18.4 Å². The van der Waals surface area contributed by atoms with Gasteiger partial charge in [0.1, 0.15) is 10.8 Å². The summed E-state index contributed by atoms with van der Waals surface area (Å²) in [5, 5.41) is 3.96. The maximum absolute atomic E-state index is 12.4. The molecule has 1 amide bonds. The van der Waals surface area contributed by atoms with E-state index in [0.717, 1.165) is 32.5 Å². The van der Waals surface area contributed by atoms with Gasteiger partial charge in [-0.3, -0.25) is 4.79 Å². The number of ether oxygens (including phenoxy) is 1. The van der Waals surface area contributed by atoms with Crippen molar-refractivity contribution >= 4 is 17.2 Å². The Hall–Kier alpha value is -2.66. The number of nitrogens with one attached hydrogen (secondary N) is 1. The van der Waals surface area contributed by atoms with Crippen molar-refractivity contribution in [1.82, 2.24) is 10.3 Å². The quantitative estimate of drug-likeness (QED) is 0.696. The Kier molecular flexibility index (Phi) is 5.68. The molecule has 1 N–H and O–H groups in total. The molecule has 0 saturated heterocycles. The van der Waals surface area contributed by atoms with Gasteiger partial charge in [-0.2, -0.15) is 0 Å². The number of carbonyl (C=O) groups is 1. The molecule has 1 unspecified atom stereocenters. The summed E-state index contributed by atoms with van der Waals surface area (Å²) in [7, 11) is 1.65. The van der Waals surface area contributed by atoms with Gasteiger partial charge in [0.25, 0.3) is 0 Å². The standard InChI is InChI=1S/C21H22N2O2S/c1-14(16-8-5-4-6-9-16)22-20(24)13-19-15(2)23-21(26-19)17-10-7-11-18(12-17)25-3/h4-12,14H,13H2,1-3H3,(H,22,24). The van der Waals surface area contributed by atoms with Gasteiger partial charge in [0.2, 0.25) is 5.91 Å². The van der Waals surface area contributed by atoms with E-state index in [2.05, 4.69) is 10.3 Å². The van der Waals surface area contributed by atoms with Crippen LogP contribution in [0.3, 0.4) is 0 Å². The zero-order chi connectivity index (χ0) is 18.5. The summed E-state index contributed by atoms with van der Waals surface area (Å²) >= 11 is 1.56. The molecule has 3 aromatic rings. The van der Waals surface area contributed by atoms with Gasteiger partial charge < -0.3 is 10.1 Å². The highest BCUT2D eigenvalue weighted by Crippen LogP contribution is 2.30. The van der Waals surface area contributed by atoms with Gasteiger partial charge in [-0.1, -0.05) is 42.5 Å². The van der Waals surface area contributed by atoms with Crippen molar-refractivity contribution in [3.05, 3.63) is 70.7 Å². The summed E-state index contributed by atoms with van der Waals surface area (Å²) in [4.78, 5) is 18.1. The molecular formula is C21H22N2O2S. The van der Waals surface area contributed by atoms with E-state index in [9.17, 15) is 4.79 Å². The number of benzene rings is 2. The first kappa shape index (κ1) is 18.1. The first-order valence-corrected chi connectivity index (χ1v) is 9.33.